The van der Waals surface area contributed by atoms with Gasteiger partial charge in [-0.05, 0) is 44.7 Å². The lowest BCUT2D eigenvalue weighted by molar-refractivity contribution is -0.0720. The summed E-state index contributed by atoms with van der Waals surface area (Å²) in [7, 11) is 0. The second-order valence-corrected chi connectivity index (χ2v) is 7.33. The lowest BCUT2D eigenvalue weighted by atomic mass is 9.95. The lowest BCUT2D eigenvalue weighted by Crippen LogP contribution is -2.48. The maximum absolute atomic E-state index is 5.84. The Bertz CT molecular complexity index is 669. The van der Waals surface area contributed by atoms with E-state index in [4.69, 9.17) is 4.74 Å². The number of imidazole rings is 1. The van der Waals surface area contributed by atoms with Gasteiger partial charge in [-0.3, -0.25) is 4.90 Å². The van der Waals surface area contributed by atoms with Crippen molar-refractivity contribution in [3.63, 3.8) is 0 Å². The van der Waals surface area contributed by atoms with E-state index in [2.05, 4.69) is 39.8 Å². The molecular weight excluding hydrogens is 302 g/mol. The number of aromatic nitrogens is 3. The summed E-state index contributed by atoms with van der Waals surface area (Å²) < 4.78 is 7.70. The van der Waals surface area contributed by atoms with Crippen molar-refractivity contribution in [1.29, 1.82) is 0 Å². The minimum absolute atomic E-state index is 0.361. The molecule has 2 aromatic rings. The van der Waals surface area contributed by atoms with Crippen LogP contribution in [0.1, 0.15) is 26.7 Å². The number of piperidine rings is 1. The first-order chi connectivity index (χ1) is 11.7. The van der Waals surface area contributed by atoms with Crippen molar-refractivity contribution >= 4 is 11.5 Å². The van der Waals surface area contributed by atoms with Gasteiger partial charge in [-0.25, -0.2) is 9.50 Å². The van der Waals surface area contributed by atoms with Crippen LogP contribution in [0.2, 0.25) is 0 Å². The molecule has 0 N–H and O–H groups in total. The van der Waals surface area contributed by atoms with Gasteiger partial charge in [0.1, 0.15) is 5.82 Å². The molecule has 2 aliphatic rings. The molecule has 2 aromatic heterocycles. The van der Waals surface area contributed by atoms with Crippen LogP contribution in [0.15, 0.2) is 24.5 Å². The molecule has 6 nitrogen and oxygen atoms in total. The predicted molar refractivity (Wildman–Crippen MR) is 94.4 cm³/mol. The minimum atomic E-state index is 0.361. The summed E-state index contributed by atoms with van der Waals surface area (Å²) in [5, 5.41) is 4.67. The van der Waals surface area contributed by atoms with Crippen LogP contribution in [0.5, 0.6) is 0 Å². The van der Waals surface area contributed by atoms with Gasteiger partial charge in [-0.2, -0.15) is 0 Å². The second kappa shape index (κ2) is 6.69. The average Bonchev–Trinajstić information content (AvgIpc) is 3.02. The van der Waals surface area contributed by atoms with Gasteiger partial charge in [0.15, 0.2) is 5.65 Å². The van der Waals surface area contributed by atoms with E-state index in [1.165, 1.54) is 19.4 Å². The standard InChI is InChI=1S/C18H27N5O/c1-14-11-21(12-15(2)24-14)13-16-5-8-22(9-6-16)18-4-3-17-19-7-10-23(17)20-18/h3-4,7,10,14-16H,5-6,8-9,11-13H2,1-2H3/t14-,15-/m1/s1. The molecule has 130 valence electrons. The van der Waals surface area contributed by atoms with Crippen LogP contribution in [0.4, 0.5) is 5.82 Å². The van der Waals surface area contributed by atoms with Crippen LogP contribution in [-0.2, 0) is 4.74 Å². The summed E-state index contributed by atoms with van der Waals surface area (Å²) in [6, 6.07) is 4.14. The van der Waals surface area contributed by atoms with Crippen LogP contribution in [0, 0.1) is 5.92 Å². The molecule has 0 bridgehead atoms. The van der Waals surface area contributed by atoms with E-state index in [0.29, 0.717) is 12.2 Å². The van der Waals surface area contributed by atoms with E-state index in [0.717, 1.165) is 43.6 Å². The Morgan fingerprint density at radius 1 is 1.12 bits per heavy atom. The number of rotatable bonds is 3. The number of morpholine rings is 1. The molecule has 0 aliphatic carbocycles. The largest absolute Gasteiger partial charge is 0.373 e. The Morgan fingerprint density at radius 2 is 1.88 bits per heavy atom. The van der Waals surface area contributed by atoms with E-state index in [1.54, 1.807) is 6.20 Å². The van der Waals surface area contributed by atoms with Gasteiger partial charge in [0.2, 0.25) is 0 Å². The molecule has 0 saturated carbocycles. The van der Waals surface area contributed by atoms with Gasteiger partial charge in [0.25, 0.3) is 0 Å². The molecule has 0 amide bonds. The number of ether oxygens (including phenoxy) is 1. The zero-order valence-electron chi connectivity index (χ0n) is 14.6. The summed E-state index contributed by atoms with van der Waals surface area (Å²) in [4.78, 5) is 9.26. The summed E-state index contributed by atoms with van der Waals surface area (Å²) in [6.07, 6.45) is 6.91. The highest BCUT2D eigenvalue weighted by Crippen LogP contribution is 2.24. The third-order valence-corrected chi connectivity index (χ3v) is 5.19. The normalized spacial score (nSPS) is 27.0. The predicted octanol–water partition coefficient (Wildman–Crippen LogP) is 2.05. The summed E-state index contributed by atoms with van der Waals surface area (Å²) in [5.74, 6) is 1.85. The zero-order chi connectivity index (χ0) is 16.5. The summed E-state index contributed by atoms with van der Waals surface area (Å²) in [6.45, 7) is 9.90. The molecule has 2 fully saturated rings. The van der Waals surface area contributed by atoms with Crippen molar-refractivity contribution < 1.29 is 4.74 Å². The van der Waals surface area contributed by atoms with Crippen molar-refractivity contribution in [3.05, 3.63) is 24.5 Å². The highest BCUT2D eigenvalue weighted by atomic mass is 16.5. The average molecular weight is 329 g/mol. The molecule has 2 aliphatic heterocycles. The number of anilines is 1. The van der Waals surface area contributed by atoms with E-state index in [-0.39, 0.29) is 0 Å². The van der Waals surface area contributed by atoms with E-state index >= 15 is 0 Å². The number of hydrogen-bond donors (Lipinski definition) is 0. The van der Waals surface area contributed by atoms with Gasteiger partial charge in [0, 0.05) is 45.1 Å². The van der Waals surface area contributed by atoms with E-state index in [9.17, 15) is 0 Å². The van der Waals surface area contributed by atoms with Gasteiger partial charge in [-0.15, -0.1) is 5.10 Å². The summed E-state index contributed by atoms with van der Waals surface area (Å²) in [5.41, 5.74) is 0.907. The highest BCUT2D eigenvalue weighted by Gasteiger charge is 2.27. The minimum Gasteiger partial charge on any atom is -0.373 e. The Labute approximate surface area is 143 Å². The number of hydrogen-bond acceptors (Lipinski definition) is 5. The third kappa shape index (κ3) is 3.39. The molecule has 4 rings (SSSR count). The molecule has 4 heterocycles. The molecule has 24 heavy (non-hydrogen) atoms. The first-order valence-electron chi connectivity index (χ1n) is 9.10. The first kappa shape index (κ1) is 15.8. The van der Waals surface area contributed by atoms with Crippen molar-refractivity contribution in [1.82, 2.24) is 19.5 Å². The molecular formula is C18H27N5O. The van der Waals surface area contributed by atoms with Crippen LogP contribution >= 0.6 is 0 Å². The fraction of sp³-hybridized carbons (Fsp3) is 0.667. The van der Waals surface area contributed by atoms with E-state index < -0.39 is 0 Å². The molecule has 0 unspecified atom stereocenters. The SMILES string of the molecule is C[C@@H]1CN(CC2CCN(c3ccc4nccn4n3)CC2)C[C@@H](C)O1. The molecule has 0 aromatic carbocycles. The fourth-order valence-corrected chi connectivity index (χ4v) is 4.12. The Morgan fingerprint density at radius 3 is 2.62 bits per heavy atom. The Hall–Kier alpha value is -1.66. The lowest BCUT2D eigenvalue weighted by Gasteiger charge is -2.39. The zero-order valence-corrected chi connectivity index (χ0v) is 14.6. The highest BCUT2D eigenvalue weighted by molar-refractivity contribution is 5.45. The fourth-order valence-electron chi connectivity index (χ4n) is 4.12. The molecule has 0 radical (unpaired) electrons. The topological polar surface area (TPSA) is 45.9 Å². The molecule has 2 atom stereocenters. The van der Waals surface area contributed by atoms with Crippen molar-refractivity contribution in [2.45, 2.75) is 38.9 Å². The van der Waals surface area contributed by atoms with Gasteiger partial charge >= 0.3 is 0 Å². The molecule has 0 spiro atoms. The van der Waals surface area contributed by atoms with Crippen LogP contribution in [0.3, 0.4) is 0 Å². The Kier molecular flexibility index (Phi) is 4.41. The monoisotopic (exact) mass is 329 g/mol. The van der Waals surface area contributed by atoms with Gasteiger partial charge < -0.3 is 9.64 Å². The number of fused-ring (bicyclic) bond motifs is 1. The Balaban J connectivity index is 1.33. The van der Waals surface area contributed by atoms with Crippen molar-refractivity contribution in [2.24, 2.45) is 5.92 Å². The number of nitrogens with zero attached hydrogens (tertiary/aromatic N) is 5. The molecule has 2 saturated heterocycles. The van der Waals surface area contributed by atoms with Crippen LogP contribution in [0.25, 0.3) is 5.65 Å². The quantitative estimate of drug-likeness (QED) is 0.862. The summed E-state index contributed by atoms with van der Waals surface area (Å²) >= 11 is 0. The van der Waals surface area contributed by atoms with Gasteiger partial charge in [0.05, 0.1) is 12.2 Å². The first-order valence-corrected chi connectivity index (χ1v) is 9.10. The maximum Gasteiger partial charge on any atom is 0.153 e. The smallest absolute Gasteiger partial charge is 0.153 e. The third-order valence-electron chi connectivity index (χ3n) is 5.19. The van der Waals surface area contributed by atoms with E-state index in [1.807, 2.05) is 16.8 Å². The second-order valence-electron chi connectivity index (χ2n) is 7.33. The van der Waals surface area contributed by atoms with Crippen molar-refractivity contribution in [2.75, 3.05) is 37.6 Å². The maximum atomic E-state index is 5.84. The van der Waals surface area contributed by atoms with Crippen molar-refractivity contribution in [3.8, 4) is 0 Å². The van der Waals surface area contributed by atoms with Crippen LogP contribution < -0.4 is 4.90 Å². The van der Waals surface area contributed by atoms with Gasteiger partial charge in [-0.1, -0.05) is 0 Å². The molecule has 6 heteroatoms. The van der Waals surface area contributed by atoms with Crippen LogP contribution in [-0.4, -0.2) is 64.4 Å².